The van der Waals surface area contributed by atoms with Crippen molar-refractivity contribution in [2.75, 3.05) is 13.7 Å². The van der Waals surface area contributed by atoms with Crippen LogP contribution in [0.4, 0.5) is 0 Å². The summed E-state index contributed by atoms with van der Waals surface area (Å²) in [6, 6.07) is 0. The van der Waals surface area contributed by atoms with Gasteiger partial charge in [-0.15, -0.1) is 0 Å². The third-order valence-corrected chi connectivity index (χ3v) is 4.79. The molecule has 0 spiro atoms. The summed E-state index contributed by atoms with van der Waals surface area (Å²) in [5.74, 6) is 3.11. The van der Waals surface area contributed by atoms with E-state index in [1.807, 2.05) is 13.0 Å². The van der Waals surface area contributed by atoms with E-state index in [-0.39, 0.29) is 5.60 Å². The van der Waals surface area contributed by atoms with E-state index < -0.39 is 0 Å². The van der Waals surface area contributed by atoms with E-state index in [2.05, 4.69) is 29.4 Å². The molecule has 1 unspecified atom stereocenters. The van der Waals surface area contributed by atoms with Crippen molar-refractivity contribution in [3.8, 4) is 0 Å². The Hall–Kier alpha value is -0.731. The van der Waals surface area contributed by atoms with Crippen LogP contribution in [0.2, 0.25) is 0 Å². The number of allylic oxidation sites excluding steroid dienone is 3. The van der Waals surface area contributed by atoms with Crippen LogP contribution in [-0.4, -0.2) is 39.3 Å². The molecule has 18 heavy (non-hydrogen) atoms. The van der Waals surface area contributed by atoms with Gasteiger partial charge in [0.1, 0.15) is 0 Å². The second-order valence-electron chi connectivity index (χ2n) is 5.11. The molecule has 1 aliphatic heterocycles. The molecule has 0 amide bonds. The first kappa shape index (κ1) is 13.7. The van der Waals surface area contributed by atoms with Crippen molar-refractivity contribution in [3.05, 3.63) is 23.4 Å². The molecule has 1 heterocycles. The van der Waals surface area contributed by atoms with Gasteiger partial charge in [0, 0.05) is 0 Å². The molecule has 3 nitrogen and oxygen atoms in total. The van der Waals surface area contributed by atoms with E-state index in [1.165, 1.54) is 4.42 Å². The molecule has 1 saturated heterocycles. The average Bonchev–Trinajstić information content (AvgIpc) is 2.30. The Morgan fingerprint density at radius 3 is 2.78 bits per heavy atom. The number of rotatable bonds is 3. The second kappa shape index (κ2) is 5.10. The quantitative estimate of drug-likeness (QED) is 0.748. The number of hydrogen-bond acceptors (Lipinski definition) is 3. The number of methoxy groups -OCH3 is 1. The molecule has 0 bridgehead atoms. The Balaban J connectivity index is 2.28. The van der Waals surface area contributed by atoms with Crippen LogP contribution in [0.15, 0.2) is 23.4 Å². The van der Waals surface area contributed by atoms with Gasteiger partial charge in [0.2, 0.25) is 0 Å². The van der Waals surface area contributed by atoms with Gasteiger partial charge in [-0.25, -0.2) is 0 Å². The van der Waals surface area contributed by atoms with Gasteiger partial charge in [0.15, 0.2) is 0 Å². The first-order chi connectivity index (χ1) is 8.47. The van der Waals surface area contributed by atoms with Gasteiger partial charge in [-0.3, -0.25) is 0 Å². The Bertz CT molecular complexity index is 421. The number of hydrogen-bond donors (Lipinski definition) is 0. The molecule has 0 saturated carbocycles. The second-order valence-corrected chi connectivity index (χ2v) is 6.15. The van der Waals surface area contributed by atoms with Crippen LogP contribution in [-0.2, 0) is 14.2 Å². The van der Waals surface area contributed by atoms with Crippen molar-refractivity contribution >= 4 is 20.0 Å². The van der Waals surface area contributed by atoms with Crippen LogP contribution in [0, 0.1) is 5.92 Å². The molecular weight excluding hydrogens is 295 g/mol. The van der Waals surface area contributed by atoms with Crippen molar-refractivity contribution in [1.29, 1.82) is 0 Å². The fraction of sp³-hybridized carbons (Fsp3) is 0.643. The molecule has 100 valence electrons. The van der Waals surface area contributed by atoms with Crippen LogP contribution < -0.4 is 0 Å². The molecule has 0 aromatic rings. The first-order valence-electron chi connectivity index (χ1n) is 6.31. The molecule has 0 N–H and O–H groups in total. The molecule has 0 aromatic heterocycles. The molecule has 2 aliphatic rings. The van der Waals surface area contributed by atoms with E-state index in [0.717, 1.165) is 30.1 Å². The molecule has 1 aliphatic carbocycles. The fourth-order valence-corrected chi connectivity index (χ4v) is 2.83. The summed E-state index contributed by atoms with van der Waals surface area (Å²) in [5.41, 5.74) is -0.232. The van der Waals surface area contributed by atoms with Crippen molar-refractivity contribution in [2.45, 2.75) is 39.2 Å². The van der Waals surface area contributed by atoms with Crippen LogP contribution in [0.25, 0.3) is 0 Å². The number of fused-ring (bicyclic) bond motifs is 1. The van der Waals surface area contributed by atoms with E-state index in [0.29, 0.717) is 12.5 Å². The molecule has 0 radical (unpaired) electrons. The van der Waals surface area contributed by atoms with E-state index in [9.17, 15) is 0 Å². The summed E-state index contributed by atoms with van der Waals surface area (Å²) in [6.45, 7) is 6.79. The summed E-state index contributed by atoms with van der Waals surface area (Å²) in [7, 11) is 1.70. The molecule has 0 aromatic carbocycles. The monoisotopic (exact) mass is 316 g/mol. The molecule has 1 fully saturated rings. The Morgan fingerprint density at radius 1 is 1.44 bits per heavy atom. The SMILES string of the molecule is CCOC1=C(OC)CC2CC(=[Se])C(C)(C)OC2=C1. The van der Waals surface area contributed by atoms with Crippen LogP contribution in [0.1, 0.15) is 33.6 Å². The Kier molecular flexibility index (Phi) is 3.88. The van der Waals surface area contributed by atoms with Gasteiger partial charge in [0.25, 0.3) is 0 Å². The number of ether oxygens (including phenoxy) is 3. The summed E-state index contributed by atoms with van der Waals surface area (Å²) < 4.78 is 18.4. The van der Waals surface area contributed by atoms with Gasteiger partial charge in [-0.05, 0) is 0 Å². The Morgan fingerprint density at radius 2 is 2.17 bits per heavy atom. The zero-order valence-corrected chi connectivity index (χ0v) is 13.1. The zero-order valence-electron chi connectivity index (χ0n) is 11.4. The maximum atomic E-state index is 6.08. The van der Waals surface area contributed by atoms with Crippen LogP contribution in [0.3, 0.4) is 0 Å². The Labute approximate surface area is 117 Å². The van der Waals surface area contributed by atoms with Crippen molar-refractivity contribution in [3.63, 3.8) is 0 Å². The third-order valence-electron chi connectivity index (χ3n) is 3.40. The predicted octanol–water partition coefficient (Wildman–Crippen LogP) is 2.32. The third kappa shape index (κ3) is 2.50. The van der Waals surface area contributed by atoms with Crippen molar-refractivity contribution < 1.29 is 14.2 Å². The zero-order chi connectivity index (χ0) is 13.3. The van der Waals surface area contributed by atoms with Gasteiger partial charge in [-0.1, -0.05) is 0 Å². The average molecular weight is 315 g/mol. The molecule has 4 heteroatoms. The van der Waals surface area contributed by atoms with Crippen LogP contribution >= 0.6 is 0 Å². The van der Waals surface area contributed by atoms with Gasteiger partial charge in [0.05, 0.1) is 0 Å². The van der Waals surface area contributed by atoms with Crippen molar-refractivity contribution in [1.82, 2.24) is 0 Å². The molecule has 1 atom stereocenters. The predicted molar refractivity (Wildman–Crippen MR) is 72.4 cm³/mol. The van der Waals surface area contributed by atoms with Crippen LogP contribution in [0.5, 0.6) is 0 Å². The topological polar surface area (TPSA) is 27.7 Å². The van der Waals surface area contributed by atoms with Crippen molar-refractivity contribution in [2.24, 2.45) is 5.92 Å². The normalized spacial score (nSPS) is 26.1. The summed E-state index contributed by atoms with van der Waals surface area (Å²) in [6.07, 6.45) is 3.84. The summed E-state index contributed by atoms with van der Waals surface area (Å²) in [4.78, 5) is 0. The fourth-order valence-electron chi connectivity index (χ4n) is 2.32. The molecular formula is C14H20O3Se. The summed E-state index contributed by atoms with van der Waals surface area (Å²) >= 11 is 3.15. The van der Waals surface area contributed by atoms with Gasteiger partial charge in [-0.2, -0.15) is 0 Å². The minimum atomic E-state index is -0.232. The van der Waals surface area contributed by atoms with Gasteiger partial charge >= 0.3 is 116 Å². The maximum absolute atomic E-state index is 6.08. The first-order valence-corrected chi connectivity index (χ1v) is 7.17. The standard InChI is InChI=1S/C14H20O3Se/c1-5-16-12-8-10-9(6-11(12)15-4)7-13(18)14(2,3)17-10/h8-9H,5-7H2,1-4H3. The minimum absolute atomic E-state index is 0.232. The molecule has 2 rings (SSSR count). The van der Waals surface area contributed by atoms with E-state index in [4.69, 9.17) is 14.2 Å². The van der Waals surface area contributed by atoms with Gasteiger partial charge < -0.3 is 0 Å². The van der Waals surface area contributed by atoms with E-state index >= 15 is 0 Å². The summed E-state index contributed by atoms with van der Waals surface area (Å²) in [5, 5.41) is 0. The van der Waals surface area contributed by atoms with E-state index in [1.54, 1.807) is 7.11 Å².